The Morgan fingerprint density at radius 2 is 1.83 bits per heavy atom. The van der Waals surface area contributed by atoms with E-state index in [1.54, 1.807) is 6.08 Å². The summed E-state index contributed by atoms with van der Waals surface area (Å²) in [5, 5.41) is 2.76. The molecule has 6 nitrogen and oxygen atoms in total. The summed E-state index contributed by atoms with van der Waals surface area (Å²) in [6.07, 6.45) is 3.59. The number of nitrogens with one attached hydrogen (secondary N) is 1. The molecule has 4 amide bonds. The van der Waals surface area contributed by atoms with Crippen LogP contribution in [-0.4, -0.2) is 29.9 Å². The summed E-state index contributed by atoms with van der Waals surface area (Å²) >= 11 is 12.2. The maximum absolute atomic E-state index is 13.4. The van der Waals surface area contributed by atoms with Crippen LogP contribution >= 0.6 is 23.2 Å². The number of halogens is 2. The van der Waals surface area contributed by atoms with E-state index in [-0.39, 0.29) is 21.8 Å². The van der Waals surface area contributed by atoms with E-state index < -0.39 is 17.8 Å². The molecule has 1 saturated heterocycles. The van der Waals surface area contributed by atoms with Gasteiger partial charge in [0, 0.05) is 22.8 Å². The summed E-state index contributed by atoms with van der Waals surface area (Å²) in [7, 11) is 0. The lowest BCUT2D eigenvalue weighted by atomic mass is 9.78. The quantitative estimate of drug-likeness (QED) is 0.375. The van der Waals surface area contributed by atoms with Crippen molar-refractivity contribution in [3.63, 3.8) is 0 Å². The van der Waals surface area contributed by atoms with Gasteiger partial charge in [-0.05, 0) is 92.6 Å². The Balaban J connectivity index is 1.78. The van der Waals surface area contributed by atoms with Crippen LogP contribution in [0.25, 0.3) is 6.08 Å². The molecule has 0 saturated carbocycles. The third-order valence-corrected chi connectivity index (χ3v) is 7.31. The molecule has 2 heterocycles. The van der Waals surface area contributed by atoms with Gasteiger partial charge in [-0.3, -0.25) is 14.9 Å². The van der Waals surface area contributed by atoms with Crippen LogP contribution < -0.4 is 15.1 Å². The van der Waals surface area contributed by atoms with Crippen LogP contribution in [0.4, 0.5) is 16.2 Å². The third kappa shape index (κ3) is 4.57. The largest absolute Gasteiger partial charge is 0.366 e. The number of imide groups is 2. The van der Waals surface area contributed by atoms with Crippen LogP contribution in [0.2, 0.25) is 10.0 Å². The number of aryl methyl sites for hydroxylation is 1. The van der Waals surface area contributed by atoms with E-state index in [0.717, 1.165) is 35.4 Å². The molecule has 35 heavy (non-hydrogen) atoms. The van der Waals surface area contributed by atoms with Gasteiger partial charge in [0.25, 0.3) is 11.8 Å². The highest BCUT2D eigenvalue weighted by molar-refractivity contribution is 6.42. The molecule has 2 aliphatic heterocycles. The number of benzene rings is 2. The highest BCUT2D eigenvalue weighted by Gasteiger charge is 2.39. The number of rotatable bonds is 4. The molecule has 2 aliphatic rings. The number of nitrogens with zero attached hydrogens (tertiary/aromatic N) is 2. The standard InChI is InChI=1S/C27H29Cl2N3O3/c1-6-9-31-23-10-15(2)17(11-19(23)16(3)14-27(31,4)5)12-20-24(33)30-26(35)32(25(20)34)22-8-7-18(28)13-21(22)29/h7-8,10-13,16H,6,9,14H2,1-5H3,(H,30,33,35)/b20-12-. The van der Waals surface area contributed by atoms with Gasteiger partial charge < -0.3 is 4.90 Å². The molecular formula is C27H29Cl2N3O3. The van der Waals surface area contributed by atoms with Gasteiger partial charge in [0.1, 0.15) is 5.57 Å². The number of carbonyl (C=O) groups is 3. The van der Waals surface area contributed by atoms with Crippen LogP contribution in [0.5, 0.6) is 0 Å². The second-order valence-corrected chi connectivity index (χ2v) is 10.7. The zero-order chi connectivity index (χ0) is 25.7. The van der Waals surface area contributed by atoms with E-state index in [9.17, 15) is 14.4 Å². The maximum Gasteiger partial charge on any atom is 0.335 e. The number of anilines is 2. The first-order chi connectivity index (χ1) is 16.4. The zero-order valence-electron chi connectivity index (χ0n) is 20.5. The summed E-state index contributed by atoms with van der Waals surface area (Å²) in [6, 6.07) is 7.80. The van der Waals surface area contributed by atoms with E-state index in [1.165, 1.54) is 29.4 Å². The number of hydrogen-bond donors (Lipinski definition) is 1. The van der Waals surface area contributed by atoms with E-state index in [0.29, 0.717) is 10.9 Å². The predicted molar refractivity (Wildman–Crippen MR) is 141 cm³/mol. The molecule has 0 bridgehead atoms. The first kappa shape index (κ1) is 25.3. The van der Waals surface area contributed by atoms with E-state index in [4.69, 9.17) is 23.2 Å². The Morgan fingerprint density at radius 1 is 1.11 bits per heavy atom. The molecule has 0 aliphatic carbocycles. The molecule has 0 radical (unpaired) electrons. The summed E-state index contributed by atoms with van der Waals surface area (Å²) in [4.78, 5) is 41.9. The van der Waals surface area contributed by atoms with E-state index in [1.807, 2.05) is 6.92 Å². The van der Waals surface area contributed by atoms with Crippen molar-refractivity contribution in [1.29, 1.82) is 0 Å². The molecule has 1 atom stereocenters. The number of fused-ring (bicyclic) bond motifs is 1. The molecular weight excluding hydrogens is 485 g/mol. The van der Waals surface area contributed by atoms with Crippen LogP contribution in [-0.2, 0) is 9.59 Å². The van der Waals surface area contributed by atoms with Crippen molar-refractivity contribution >= 4 is 58.5 Å². The number of carbonyl (C=O) groups excluding carboxylic acids is 3. The van der Waals surface area contributed by atoms with Crippen LogP contribution in [0.15, 0.2) is 35.9 Å². The number of urea groups is 1. The minimum absolute atomic E-state index is 0.0345. The van der Waals surface area contributed by atoms with Gasteiger partial charge in [-0.15, -0.1) is 0 Å². The fraction of sp³-hybridized carbons (Fsp3) is 0.370. The molecule has 184 valence electrons. The normalized spacial score (nSPS) is 20.8. The molecule has 1 fully saturated rings. The minimum Gasteiger partial charge on any atom is -0.366 e. The lowest BCUT2D eigenvalue weighted by Crippen LogP contribution is -2.54. The molecule has 1 unspecified atom stereocenters. The number of amides is 4. The number of barbiturate groups is 1. The van der Waals surface area contributed by atoms with Gasteiger partial charge in [0.05, 0.1) is 10.7 Å². The first-order valence-corrected chi connectivity index (χ1v) is 12.5. The second-order valence-electron chi connectivity index (χ2n) is 9.89. The summed E-state index contributed by atoms with van der Waals surface area (Å²) in [5.74, 6) is -1.16. The molecule has 0 spiro atoms. The average molecular weight is 514 g/mol. The zero-order valence-corrected chi connectivity index (χ0v) is 22.0. The fourth-order valence-corrected chi connectivity index (χ4v) is 5.64. The Hall–Kier alpha value is -2.83. The highest BCUT2D eigenvalue weighted by atomic mass is 35.5. The van der Waals surface area contributed by atoms with Gasteiger partial charge in [-0.2, -0.15) is 0 Å². The number of hydrogen-bond acceptors (Lipinski definition) is 4. The van der Waals surface area contributed by atoms with Crippen molar-refractivity contribution in [1.82, 2.24) is 5.32 Å². The average Bonchev–Trinajstić information content (AvgIpc) is 2.75. The highest BCUT2D eigenvalue weighted by Crippen LogP contribution is 2.44. The van der Waals surface area contributed by atoms with Crippen molar-refractivity contribution in [2.45, 2.75) is 58.9 Å². The van der Waals surface area contributed by atoms with Gasteiger partial charge in [0.2, 0.25) is 0 Å². The SMILES string of the molecule is CCCN1c2cc(C)c(/C=C3/C(=O)NC(=O)N(c4ccc(Cl)cc4Cl)C3=O)cc2C(C)CC1(C)C. The van der Waals surface area contributed by atoms with Crippen molar-refractivity contribution in [3.05, 3.63) is 62.6 Å². The Labute approximate surface area is 215 Å². The monoisotopic (exact) mass is 513 g/mol. The lowest BCUT2D eigenvalue weighted by molar-refractivity contribution is -0.122. The molecule has 4 rings (SSSR count). The van der Waals surface area contributed by atoms with Crippen molar-refractivity contribution < 1.29 is 14.4 Å². The summed E-state index contributed by atoms with van der Waals surface area (Å²) in [5.41, 5.74) is 4.15. The van der Waals surface area contributed by atoms with Crippen molar-refractivity contribution in [3.8, 4) is 0 Å². The van der Waals surface area contributed by atoms with Gasteiger partial charge in [-0.25, -0.2) is 9.69 Å². The fourth-order valence-electron chi connectivity index (χ4n) is 5.15. The molecule has 8 heteroatoms. The third-order valence-electron chi connectivity index (χ3n) is 6.77. The van der Waals surface area contributed by atoms with Gasteiger partial charge in [0.15, 0.2) is 0 Å². The van der Waals surface area contributed by atoms with Gasteiger partial charge in [-0.1, -0.05) is 37.0 Å². The molecule has 0 aromatic heterocycles. The Morgan fingerprint density at radius 3 is 2.49 bits per heavy atom. The summed E-state index contributed by atoms with van der Waals surface area (Å²) < 4.78 is 0. The molecule has 1 N–H and O–H groups in total. The predicted octanol–water partition coefficient (Wildman–Crippen LogP) is 6.47. The Kier molecular flexibility index (Phi) is 6.73. The van der Waals surface area contributed by atoms with Gasteiger partial charge >= 0.3 is 6.03 Å². The van der Waals surface area contributed by atoms with E-state index >= 15 is 0 Å². The van der Waals surface area contributed by atoms with E-state index in [2.05, 4.69) is 50.0 Å². The smallest absolute Gasteiger partial charge is 0.335 e. The first-order valence-electron chi connectivity index (χ1n) is 11.7. The topological polar surface area (TPSA) is 69.7 Å². The van der Waals surface area contributed by atoms with Crippen molar-refractivity contribution in [2.24, 2.45) is 0 Å². The Bertz CT molecular complexity index is 1270. The minimum atomic E-state index is -0.852. The molecule has 2 aromatic carbocycles. The second kappa shape index (κ2) is 9.32. The van der Waals surface area contributed by atoms with Crippen molar-refractivity contribution in [2.75, 3.05) is 16.3 Å². The van der Waals surface area contributed by atoms with Crippen LogP contribution in [0.1, 0.15) is 63.1 Å². The van der Waals surface area contributed by atoms with Crippen LogP contribution in [0.3, 0.4) is 0 Å². The maximum atomic E-state index is 13.4. The van der Waals surface area contributed by atoms with Crippen LogP contribution in [0, 0.1) is 6.92 Å². The molecule has 2 aromatic rings. The lowest BCUT2D eigenvalue weighted by Gasteiger charge is -2.48. The summed E-state index contributed by atoms with van der Waals surface area (Å²) in [6.45, 7) is 11.8.